The Morgan fingerprint density at radius 3 is 2.73 bits per heavy atom. The zero-order chi connectivity index (χ0) is 8.10. The van der Waals surface area contributed by atoms with E-state index >= 15 is 0 Å². The van der Waals surface area contributed by atoms with Gasteiger partial charge in [-0.2, -0.15) is 0 Å². The molecule has 2 heteroatoms. The minimum atomic E-state index is 0.204. The zero-order valence-electron chi connectivity index (χ0n) is 6.33. The Morgan fingerprint density at radius 1 is 1.27 bits per heavy atom. The number of hydrogen-bond donors (Lipinski definition) is 2. The van der Waals surface area contributed by atoms with Crippen LogP contribution in [0.1, 0.15) is 12.0 Å². The first-order valence-corrected chi connectivity index (χ1v) is 3.71. The van der Waals surface area contributed by atoms with E-state index in [1.807, 2.05) is 12.1 Å². The maximum absolute atomic E-state index is 9.05. The van der Waals surface area contributed by atoms with Crippen LogP contribution in [0.15, 0.2) is 24.3 Å². The van der Waals surface area contributed by atoms with Crippen molar-refractivity contribution in [2.75, 3.05) is 6.61 Å². The lowest BCUT2D eigenvalue weighted by Crippen LogP contribution is -1.88. The summed E-state index contributed by atoms with van der Waals surface area (Å²) in [4.78, 5) is 0. The average Bonchev–Trinajstić information content (AvgIpc) is 2.01. The normalized spacial score (nSPS) is 9.91. The van der Waals surface area contributed by atoms with E-state index in [9.17, 15) is 0 Å². The third kappa shape index (κ3) is 2.60. The minimum absolute atomic E-state index is 0.204. The van der Waals surface area contributed by atoms with Gasteiger partial charge >= 0.3 is 0 Å². The summed E-state index contributed by atoms with van der Waals surface area (Å²) in [6.45, 7) is 0.204. The van der Waals surface area contributed by atoms with Crippen molar-refractivity contribution in [3.8, 4) is 5.75 Å². The maximum Gasteiger partial charge on any atom is 0.115 e. The predicted molar refractivity (Wildman–Crippen MR) is 43.5 cm³/mol. The smallest absolute Gasteiger partial charge is 0.115 e. The molecular weight excluding hydrogens is 140 g/mol. The van der Waals surface area contributed by atoms with Gasteiger partial charge in [0.1, 0.15) is 5.75 Å². The predicted octanol–water partition coefficient (Wildman–Crippen LogP) is 1.32. The molecule has 1 aromatic rings. The van der Waals surface area contributed by atoms with Crippen molar-refractivity contribution in [2.24, 2.45) is 0 Å². The molecule has 0 radical (unpaired) electrons. The largest absolute Gasteiger partial charge is 0.508 e. The lowest BCUT2D eigenvalue weighted by molar-refractivity contribution is 0.288. The number of aromatic hydroxyl groups is 1. The van der Waals surface area contributed by atoms with Gasteiger partial charge in [-0.15, -0.1) is 0 Å². The summed E-state index contributed by atoms with van der Waals surface area (Å²) in [6, 6.07) is 7.11. The molecule has 0 aliphatic carbocycles. The standard InChI is InChI=1S/C9H12O2/c10-6-2-4-8-3-1-5-9(11)7-8/h1,3,5,7,10-11H,2,4,6H2. The van der Waals surface area contributed by atoms with E-state index < -0.39 is 0 Å². The second-order valence-corrected chi connectivity index (χ2v) is 2.50. The number of phenolic OH excluding ortho intramolecular Hbond substituents is 1. The SMILES string of the molecule is OCCCc1cccc(O)c1. The number of hydrogen-bond acceptors (Lipinski definition) is 2. The molecule has 0 aromatic heterocycles. The first-order chi connectivity index (χ1) is 5.33. The number of rotatable bonds is 3. The van der Waals surface area contributed by atoms with E-state index in [-0.39, 0.29) is 6.61 Å². The van der Waals surface area contributed by atoms with Crippen molar-refractivity contribution in [1.29, 1.82) is 0 Å². The van der Waals surface area contributed by atoms with Gasteiger partial charge in [-0.25, -0.2) is 0 Å². The molecule has 1 rings (SSSR count). The molecule has 0 spiro atoms. The molecule has 60 valence electrons. The molecule has 2 N–H and O–H groups in total. The second-order valence-electron chi connectivity index (χ2n) is 2.50. The van der Waals surface area contributed by atoms with E-state index in [1.54, 1.807) is 12.1 Å². The van der Waals surface area contributed by atoms with Gasteiger partial charge in [0.2, 0.25) is 0 Å². The minimum Gasteiger partial charge on any atom is -0.508 e. The van der Waals surface area contributed by atoms with Gasteiger partial charge in [-0.1, -0.05) is 12.1 Å². The second kappa shape index (κ2) is 3.98. The Hall–Kier alpha value is -1.02. The highest BCUT2D eigenvalue weighted by molar-refractivity contribution is 5.26. The summed E-state index contributed by atoms with van der Waals surface area (Å²) >= 11 is 0. The van der Waals surface area contributed by atoms with Crippen molar-refractivity contribution >= 4 is 0 Å². The Balaban J connectivity index is 2.56. The van der Waals surface area contributed by atoms with E-state index in [0.717, 1.165) is 18.4 Å². The summed E-state index contributed by atoms with van der Waals surface area (Å²) in [6.07, 6.45) is 1.58. The molecule has 2 nitrogen and oxygen atoms in total. The Bertz CT molecular complexity index is 221. The highest BCUT2D eigenvalue weighted by atomic mass is 16.3. The van der Waals surface area contributed by atoms with Crippen LogP contribution in [0.3, 0.4) is 0 Å². The third-order valence-corrected chi connectivity index (χ3v) is 1.53. The fourth-order valence-electron chi connectivity index (χ4n) is 0.995. The number of benzene rings is 1. The van der Waals surface area contributed by atoms with Crippen LogP contribution in [-0.2, 0) is 6.42 Å². The van der Waals surface area contributed by atoms with Gasteiger partial charge < -0.3 is 10.2 Å². The summed E-state index contributed by atoms with van der Waals surface area (Å²) in [7, 11) is 0. The van der Waals surface area contributed by atoms with Crippen LogP contribution in [0.5, 0.6) is 5.75 Å². The quantitative estimate of drug-likeness (QED) is 0.685. The topological polar surface area (TPSA) is 40.5 Å². The Morgan fingerprint density at radius 2 is 2.09 bits per heavy atom. The fourth-order valence-corrected chi connectivity index (χ4v) is 0.995. The lowest BCUT2D eigenvalue weighted by atomic mass is 10.1. The van der Waals surface area contributed by atoms with Crippen LogP contribution < -0.4 is 0 Å². The van der Waals surface area contributed by atoms with Crippen molar-refractivity contribution in [2.45, 2.75) is 12.8 Å². The van der Waals surface area contributed by atoms with Crippen molar-refractivity contribution < 1.29 is 10.2 Å². The van der Waals surface area contributed by atoms with Gasteiger partial charge in [-0.05, 0) is 30.5 Å². The highest BCUT2D eigenvalue weighted by Gasteiger charge is 1.92. The Labute approximate surface area is 66.1 Å². The van der Waals surface area contributed by atoms with Crippen molar-refractivity contribution in [3.05, 3.63) is 29.8 Å². The summed E-state index contributed by atoms with van der Waals surface area (Å²) in [5.74, 6) is 0.292. The van der Waals surface area contributed by atoms with Crippen LogP contribution in [0.2, 0.25) is 0 Å². The first-order valence-electron chi connectivity index (χ1n) is 3.71. The Kier molecular flexibility index (Phi) is 2.93. The molecule has 0 fully saturated rings. The van der Waals surface area contributed by atoms with Gasteiger partial charge in [0.05, 0.1) is 0 Å². The van der Waals surface area contributed by atoms with Crippen LogP contribution in [-0.4, -0.2) is 16.8 Å². The molecular formula is C9H12O2. The average molecular weight is 152 g/mol. The van der Waals surface area contributed by atoms with Crippen LogP contribution in [0.25, 0.3) is 0 Å². The monoisotopic (exact) mass is 152 g/mol. The first kappa shape index (κ1) is 8.08. The van der Waals surface area contributed by atoms with Crippen LogP contribution >= 0.6 is 0 Å². The molecule has 0 amide bonds. The molecule has 1 aromatic carbocycles. The molecule has 0 bridgehead atoms. The summed E-state index contributed by atoms with van der Waals surface area (Å²) < 4.78 is 0. The zero-order valence-corrected chi connectivity index (χ0v) is 6.33. The third-order valence-electron chi connectivity index (χ3n) is 1.53. The van der Waals surface area contributed by atoms with Gasteiger partial charge in [0.25, 0.3) is 0 Å². The summed E-state index contributed by atoms with van der Waals surface area (Å²) in [5, 5.41) is 17.6. The van der Waals surface area contributed by atoms with Crippen LogP contribution in [0, 0.1) is 0 Å². The van der Waals surface area contributed by atoms with Crippen LogP contribution in [0.4, 0.5) is 0 Å². The highest BCUT2D eigenvalue weighted by Crippen LogP contribution is 2.11. The molecule has 11 heavy (non-hydrogen) atoms. The molecule has 0 saturated carbocycles. The number of aliphatic hydroxyl groups excluding tert-OH is 1. The lowest BCUT2D eigenvalue weighted by Gasteiger charge is -1.98. The van der Waals surface area contributed by atoms with E-state index in [1.165, 1.54) is 0 Å². The summed E-state index contributed by atoms with van der Waals surface area (Å²) in [5.41, 5.74) is 1.07. The molecule has 0 unspecified atom stereocenters. The van der Waals surface area contributed by atoms with E-state index in [0.29, 0.717) is 5.75 Å². The maximum atomic E-state index is 9.05. The number of aryl methyl sites for hydroxylation is 1. The van der Waals surface area contributed by atoms with Gasteiger partial charge in [0.15, 0.2) is 0 Å². The molecule has 0 aliphatic rings. The van der Waals surface area contributed by atoms with Crippen molar-refractivity contribution in [3.63, 3.8) is 0 Å². The molecule has 0 atom stereocenters. The fraction of sp³-hybridized carbons (Fsp3) is 0.333. The van der Waals surface area contributed by atoms with Gasteiger partial charge in [-0.3, -0.25) is 0 Å². The van der Waals surface area contributed by atoms with E-state index in [4.69, 9.17) is 10.2 Å². The number of aliphatic hydroxyl groups is 1. The van der Waals surface area contributed by atoms with E-state index in [2.05, 4.69) is 0 Å². The van der Waals surface area contributed by atoms with Gasteiger partial charge in [0, 0.05) is 6.61 Å². The molecule has 0 saturated heterocycles. The number of phenols is 1. The molecule has 0 heterocycles. The van der Waals surface area contributed by atoms with Crippen molar-refractivity contribution in [1.82, 2.24) is 0 Å². The molecule has 0 aliphatic heterocycles.